The van der Waals surface area contributed by atoms with E-state index in [4.69, 9.17) is 19.2 Å². The Balaban J connectivity index is -0.0000000208. The Hall–Kier alpha value is 4.24. The molecule has 1 aromatic carbocycles. The fourth-order valence-corrected chi connectivity index (χ4v) is 0.534. The Labute approximate surface area is 222 Å². The van der Waals surface area contributed by atoms with Crippen LogP contribution < -0.4 is 154 Å². The molecule has 0 amide bonds. The molecule has 1 rings (SSSR count). The first-order valence-electron chi connectivity index (χ1n) is 3.19. The molecule has 1 aromatic rings. The summed E-state index contributed by atoms with van der Waals surface area (Å²) < 4.78 is 8.88. The van der Waals surface area contributed by atoms with Crippen LogP contribution in [0.15, 0.2) is 30.3 Å². The summed E-state index contributed by atoms with van der Waals surface area (Å²) in [6.07, 6.45) is 0. The molecule has 0 aliphatic rings. The molecule has 74 valence electrons. The van der Waals surface area contributed by atoms with E-state index in [-0.39, 0.29) is 158 Å². The maximum Gasteiger partial charge on any atom is 1.00 e. The van der Waals surface area contributed by atoms with Crippen LogP contribution in [-0.2, 0) is 4.57 Å². The van der Waals surface area contributed by atoms with Gasteiger partial charge in [-0.05, 0) is 6.92 Å². The molecule has 15 heavy (non-hydrogen) atoms. The van der Waals surface area contributed by atoms with Gasteiger partial charge in [-0.2, -0.15) is 0 Å². The van der Waals surface area contributed by atoms with Crippen molar-refractivity contribution in [2.75, 3.05) is 0 Å². The van der Waals surface area contributed by atoms with E-state index in [1.165, 1.54) is 5.56 Å². The second-order valence-corrected chi connectivity index (χ2v) is 3.19. The molecule has 0 saturated carbocycles. The van der Waals surface area contributed by atoms with Gasteiger partial charge in [-0.25, -0.2) is 4.57 Å². The Kier molecular flexibility index (Phi) is 29.9. The van der Waals surface area contributed by atoms with Gasteiger partial charge in [0.2, 0.25) is 0 Å². The zero-order chi connectivity index (χ0) is 9.61. The molecule has 0 atom stereocenters. The first-order valence-corrected chi connectivity index (χ1v) is 4.76. The van der Waals surface area contributed by atoms with Crippen LogP contribution in [0.1, 0.15) is 9.84 Å². The smallest absolute Gasteiger partial charge is 1.00 e. The molecule has 0 saturated heterocycles. The molecule has 0 bridgehead atoms. The Morgan fingerprint density at radius 3 is 1.40 bits per heavy atom. The maximum absolute atomic E-state index is 8.88. The summed E-state index contributed by atoms with van der Waals surface area (Å²) in [5, 5.41) is 0. The summed E-state index contributed by atoms with van der Waals surface area (Å²) in [4.78, 5) is 21.6. The van der Waals surface area contributed by atoms with E-state index in [1.807, 2.05) is 18.2 Å². The van der Waals surface area contributed by atoms with E-state index in [1.54, 1.807) is 0 Å². The third kappa shape index (κ3) is 32.1. The second-order valence-electron chi connectivity index (χ2n) is 2.17. The molecule has 0 unspecified atom stereocenters. The van der Waals surface area contributed by atoms with Crippen molar-refractivity contribution in [3.63, 3.8) is 0 Å². The van der Waals surface area contributed by atoms with Gasteiger partial charge in [0.05, 0.1) is 0 Å². The average molecular weight is 310 g/mol. The van der Waals surface area contributed by atoms with E-state index in [9.17, 15) is 0 Å². The quantitative estimate of drug-likeness (QED) is 0.329. The number of rotatable bonds is 0. The normalized spacial score (nSPS) is 8.00. The minimum Gasteiger partial charge on any atom is -1.00 e. The van der Waals surface area contributed by atoms with Gasteiger partial charge in [-0.1, -0.05) is 35.9 Å². The van der Waals surface area contributed by atoms with Crippen molar-refractivity contribution in [3.05, 3.63) is 35.9 Å². The molecule has 0 aliphatic carbocycles. The molecule has 0 spiro atoms. The van der Waals surface area contributed by atoms with Crippen molar-refractivity contribution in [2.45, 2.75) is 6.92 Å². The molecule has 4 nitrogen and oxygen atoms in total. The minimum absolute atomic E-state index is 0. The molecule has 8 heteroatoms. The van der Waals surface area contributed by atoms with Crippen LogP contribution in [0.5, 0.6) is 0 Å². The monoisotopic (exact) mass is 310 g/mol. The summed E-state index contributed by atoms with van der Waals surface area (Å²) in [5.74, 6) is 0. The van der Waals surface area contributed by atoms with E-state index in [2.05, 4.69) is 19.1 Å². The summed E-state index contributed by atoms with van der Waals surface area (Å²) in [5.41, 5.74) is 1.32. The van der Waals surface area contributed by atoms with Gasteiger partial charge in [-0.3, -0.25) is 0 Å². The van der Waals surface area contributed by atoms with Crippen molar-refractivity contribution >= 4 is 7.82 Å². The van der Waals surface area contributed by atoms with Gasteiger partial charge in [0.1, 0.15) is 0 Å². The van der Waals surface area contributed by atoms with E-state index in [0.717, 1.165) is 0 Å². The fraction of sp³-hybridized carbons (Fsp3) is 0.143. The summed E-state index contributed by atoms with van der Waals surface area (Å²) >= 11 is 0. The summed E-state index contributed by atoms with van der Waals surface area (Å²) in [7, 11) is -4.64. The standard InChI is InChI=1S/C7H8.3K.H3O4P.3H/c1-7-5-3-2-4-6-7;;;;1-5(2,3)4;;;/h2-6H,1H3;;;;(H3,1,2,3,4);;;/q;3*+1;;3*-1. The van der Waals surface area contributed by atoms with E-state index >= 15 is 0 Å². The SMILES string of the molecule is Cc1ccccc1.O=P(O)(O)O.[H-].[H-].[H-].[K+].[K+].[K+]. The van der Waals surface area contributed by atoms with Gasteiger partial charge >= 0.3 is 162 Å². The number of benzene rings is 1. The van der Waals surface area contributed by atoms with Crippen LogP contribution in [0.3, 0.4) is 0 Å². The molecule has 0 radical (unpaired) electrons. The first kappa shape index (κ1) is 27.6. The van der Waals surface area contributed by atoms with Gasteiger partial charge in [-0.15, -0.1) is 0 Å². The van der Waals surface area contributed by atoms with Crippen molar-refractivity contribution in [1.82, 2.24) is 0 Å². The Bertz CT molecular complexity index is 268. The Morgan fingerprint density at radius 1 is 1.00 bits per heavy atom. The zero-order valence-electron chi connectivity index (χ0n) is 12.6. The number of phosphoric acid groups is 1. The van der Waals surface area contributed by atoms with Crippen LogP contribution in [0, 0.1) is 6.92 Å². The number of hydrogen-bond donors (Lipinski definition) is 3. The van der Waals surface area contributed by atoms with Gasteiger partial charge < -0.3 is 19.0 Å². The van der Waals surface area contributed by atoms with Crippen molar-refractivity contribution < 1.29 is 178 Å². The summed E-state index contributed by atoms with van der Waals surface area (Å²) in [6, 6.07) is 10.3. The Morgan fingerprint density at radius 2 is 1.27 bits per heavy atom. The summed E-state index contributed by atoms with van der Waals surface area (Å²) in [6.45, 7) is 2.08. The molecule has 0 aliphatic heterocycles. The minimum atomic E-state index is -4.64. The van der Waals surface area contributed by atoms with Gasteiger partial charge in [0, 0.05) is 0 Å². The molecule has 3 N–H and O–H groups in total. The van der Waals surface area contributed by atoms with Crippen molar-refractivity contribution in [1.29, 1.82) is 0 Å². The van der Waals surface area contributed by atoms with Gasteiger partial charge in [0.15, 0.2) is 0 Å². The third-order valence-corrected chi connectivity index (χ3v) is 0.940. The fourth-order valence-electron chi connectivity index (χ4n) is 0.534. The van der Waals surface area contributed by atoms with Crippen LogP contribution in [-0.4, -0.2) is 14.7 Å². The predicted molar refractivity (Wildman–Crippen MR) is 48.8 cm³/mol. The molecular weight excluding hydrogens is 296 g/mol. The topological polar surface area (TPSA) is 77.8 Å². The van der Waals surface area contributed by atoms with E-state index in [0.29, 0.717) is 0 Å². The van der Waals surface area contributed by atoms with Crippen LogP contribution in [0.25, 0.3) is 0 Å². The molecule has 0 aromatic heterocycles. The number of aryl methyl sites for hydroxylation is 1. The van der Waals surface area contributed by atoms with Crippen molar-refractivity contribution in [2.24, 2.45) is 0 Å². The number of hydrogen-bond acceptors (Lipinski definition) is 1. The molecule has 0 fully saturated rings. The second kappa shape index (κ2) is 16.3. The molecule has 0 heterocycles. The van der Waals surface area contributed by atoms with Crippen LogP contribution in [0.4, 0.5) is 0 Å². The third-order valence-electron chi connectivity index (χ3n) is 0.940. The van der Waals surface area contributed by atoms with Gasteiger partial charge in [0.25, 0.3) is 0 Å². The predicted octanol–water partition coefficient (Wildman–Crippen LogP) is -7.58. The average Bonchev–Trinajstić information content (AvgIpc) is 1.85. The first-order chi connectivity index (χ1) is 5.39. The van der Waals surface area contributed by atoms with Crippen LogP contribution >= 0.6 is 7.82 Å². The van der Waals surface area contributed by atoms with Crippen molar-refractivity contribution in [3.8, 4) is 0 Å². The molecular formula is C7H14K3O4P. The largest absolute Gasteiger partial charge is 1.00 e. The van der Waals surface area contributed by atoms with E-state index < -0.39 is 7.82 Å². The zero-order valence-corrected chi connectivity index (χ0v) is 19.8. The maximum atomic E-state index is 8.88. The van der Waals surface area contributed by atoms with Crippen LogP contribution in [0.2, 0.25) is 0 Å².